The second kappa shape index (κ2) is 7.33. The average molecular weight is 350 g/mol. The maximum atomic E-state index is 12.2. The van der Waals surface area contributed by atoms with Gasteiger partial charge in [0.05, 0.1) is 25.5 Å². The summed E-state index contributed by atoms with van der Waals surface area (Å²) in [6.45, 7) is -0.302. The first-order chi connectivity index (χ1) is 11.4. The molecule has 2 rings (SSSR count). The average Bonchev–Trinajstić information content (AvgIpc) is 2.55. The number of methoxy groups -OCH3 is 1. The second-order valence-corrected chi connectivity index (χ2v) is 6.68. The maximum absolute atomic E-state index is 12.2. The zero-order valence-corrected chi connectivity index (χ0v) is 14.1. The van der Waals surface area contributed by atoms with E-state index in [1.165, 1.54) is 19.2 Å². The van der Waals surface area contributed by atoms with Crippen LogP contribution in [0.15, 0.2) is 42.5 Å². The van der Waals surface area contributed by atoms with Crippen molar-refractivity contribution in [2.75, 3.05) is 24.6 Å². The van der Waals surface area contributed by atoms with Gasteiger partial charge in [-0.25, -0.2) is 8.42 Å². The van der Waals surface area contributed by atoms with E-state index in [1.807, 2.05) is 6.07 Å². The molecule has 2 aromatic carbocycles. The number of carbonyl (C=O) groups excluding carboxylic acids is 1. The Balaban J connectivity index is 2.63. The Morgan fingerprint density at radius 3 is 2.29 bits per heavy atom. The van der Waals surface area contributed by atoms with Crippen LogP contribution in [0.5, 0.6) is 17.2 Å². The summed E-state index contributed by atoms with van der Waals surface area (Å²) in [5.41, 5.74) is 5.46. The van der Waals surface area contributed by atoms with Crippen LogP contribution in [0.3, 0.4) is 0 Å². The molecular weight excluding hydrogens is 332 g/mol. The van der Waals surface area contributed by atoms with E-state index in [2.05, 4.69) is 4.72 Å². The van der Waals surface area contributed by atoms with E-state index in [-0.39, 0.29) is 29.3 Å². The normalized spacial score (nSPS) is 11.0. The smallest absolute Gasteiger partial charge is 0.229 e. The third-order valence-electron chi connectivity index (χ3n) is 3.07. The standard InChI is InChI=1S/C16H18N2O5S/c1-22-13-8-9-14(23-11-6-4-3-5-7-11)16(18-24(2,20)21)15(13)12(19)10-17/h3-9,18H,10,17H2,1-2H3. The van der Waals surface area contributed by atoms with Crippen LogP contribution in [0.4, 0.5) is 5.69 Å². The fraction of sp³-hybridized carbons (Fsp3) is 0.188. The van der Waals surface area contributed by atoms with Crippen LogP contribution in [0, 0.1) is 0 Å². The molecule has 0 aliphatic carbocycles. The van der Waals surface area contributed by atoms with Gasteiger partial charge in [-0.2, -0.15) is 0 Å². The first-order valence-electron chi connectivity index (χ1n) is 7.00. The van der Waals surface area contributed by atoms with Gasteiger partial charge in [-0.3, -0.25) is 9.52 Å². The number of para-hydroxylation sites is 1. The predicted octanol–water partition coefficient (Wildman–Crippen LogP) is 2.00. The first-order valence-corrected chi connectivity index (χ1v) is 8.90. The molecule has 0 aliphatic heterocycles. The van der Waals surface area contributed by atoms with Gasteiger partial charge in [-0.1, -0.05) is 18.2 Å². The summed E-state index contributed by atoms with van der Waals surface area (Å²) >= 11 is 0. The largest absolute Gasteiger partial charge is 0.496 e. The first kappa shape index (κ1) is 17.8. The van der Waals surface area contributed by atoms with Gasteiger partial charge in [0.1, 0.15) is 17.2 Å². The topological polar surface area (TPSA) is 108 Å². The summed E-state index contributed by atoms with van der Waals surface area (Å²) in [5.74, 6) is 0.392. The van der Waals surface area contributed by atoms with E-state index < -0.39 is 15.8 Å². The number of ketones is 1. The zero-order chi connectivity index (χ0) is 17.7. The van der Waals surface area contributed by atoms with Gasteiger partial charge < -0.3 is 15.2 Å². The minimum Gasteiger partial charge on any atom is -0.496 e. The molecule has 0 spiro atoms. The van der Waals surface area contributed by atoms with Crippen molar-refractivity contribution in [3.63, 3.8) is 0 Å². The van der Waals surface area contributed by atoms with Gasteiger partial charge in [-0.05, 0) is 24.3 Å². The number of hydrogen-bond donors (Lipinski definition) is 2. The van der Waals surface area contributed by atoms with E-state index in [9.17, 15) is 13.2 Å². The monoisotopic (exact) mass is 350 g/mol. The van der Waals surface area contributed by atoms with Gasteiger partial charge in [-0.15, -0.1) is 0 Å². The lowest BCUT2D eigenvalue weighted by molar-refractivity contribution is 0.0999. The molecule has 0 bridgehead atoms. The summed E-state index contributed by atoms with van der Waals surface area (Å²) in [6.07, 6.45) is 0.982. The van der Waals surface area contributed by atoms with Gasteiger partial charge in [0.2, 0.25) is 10.0 Å². The van der Waals surface area contributed by atoms with E-state index >= 15 is 0 Å². The van der Waals surface area contributed by atoms with Gasteiger partial charge in [0.25, 0.3) is 0 Å². The number of hydrogen-bond acceptors (Lipinski definition) is 6. The molecule has 0 heterocycles. The molecule has 0 saturated heterocycles. The summed E-state index contributed by atoms with van der Waals surface area (Å²) in [4.78, 5) is 12.2. The molecule has 0 fully saturated rings. The molecular formula is C16H18N2O5S. The zero-order valence-electron chi connectivity index (χ0n) is 13.3. The summed E-state index contributed by atoms with van der Waals surface area (Å²) in [6, 6.07) is 11.8. The summed E-state index contributed by atoms with van der Waals surface area (Å²) in [7, 11) is -2.28. The number of nitrogens with one attached hydrogen (secondary N) is 1. The fourth-order valence-electron chi connectivity index (χ4n) is 2.10. The molecule has 3 N–H and O–H groups in total. The molecule has 0 atom stereocenters. The van der Waals surface area contributed by atoms with Gasteiger partial charge >= 0.3 is 0 Å². The third-order valence-corrected chi connectivity index (χ3v) is 3.65. The lowest BCUT2D eigenvalue weighted by Gasteiger charge is -2.17. The van der Waals surface area contributed by atoms with Crippen LogP contribution in [0.25, 0.3) is 0 Å². The van der Waals surface area contributed by atoms with E-state index in [4.69, 9.17) is 15.2 Å². The summed E-state index contributed by atoms with van der Waals surface area (Å²) < 4.78 is 36.6. The number of rotatable bonds is 7. The lowest BCUT2D eigenvalue weighted by Crippen LogP contribution is -2.19. The highest BCUT2D eigenvalue weighted by Gasteiger charge is 2.23. The highest BCUT2D eigenvalue weighted by atomic mass is 32.2. The van der Waals surface area contributed by atoms with Crippen molar-refractivity contribution < 1.29 is 22.7 Å². The number of ether oxygens (including phenoxy) is 2. The Morgan fingerprint density at radius 1 is 1.12 bits per heavy atom. The SMILES string of the molecule is COc1ccc(Oc2ccccc2)c(NS(C)(=O)=O)c1C(=O)CN. The van der Waals surface area contributed by atoms with Gasteiger partial charge in [0.15, 0.2) is 11.5 Å². The Labute approximate surface area is 140 Å². The molecule has 7 nitrogen and oxygen atoms in total. The Kier molecular flexibility index (Phi) is 5.42. The number of Topliss-reactive ketones (excluding diaryl/α,β-unsaturated/α-hetero) is 1. The number of sulfonamides is 1. The second-order valence-electron chi connectivity index (χ2n) is 4.93. The Hall–Kier alpha value is -2.58. The van der Waals surface area contributed by atoms with Crippen LogP contribution in [0.1, 0.15) is 10.4 Å². The quantitative estimate of drug-likeness (QED) is 0.740. The van der Waals surface area contributed by atoms with Crippen molar-refractivity contribution >= 4 is 21.5 Å². The number of benzene rings is 2. The van der Waals surface area contributed by atoms with Crippen molar-refractivity contribution in [3.8, 4) is 17.2 Å². The molecule has 2 aromatic rings. The summed E-state index contributed by atoms with van der Waals surface area (Å²) in [5, 5.41) is 0. The number of anilines is 1. The van der Waals surface area contributed by atoms with Crippen LogP contribution in [-0.4, -0.2) is 34.1 Å². The molecule has 0 aromatic heterocycles. The van der Waals surface area contributed by atoms with Crippen molar-refractivity contribution in [2.45, 2.75) is 0 Å². The van der Waals surface area contributed by atoms with Crippen LogP contribution >= 0.6 is 0 Å². The van der Waals surface area contributed by atoms with Crippen molar-refractivity contribution in [1.82, 2.24) is 0 Å². The predicted molar refractivity (Wildman–Crippen MR) is 91.4 cm³/mol. The molecule has 8 heteroatoms. The minimum atomic E-state index is -3.66. The molecule has 0 radical (unpaired) electrons. The molecule has 128 valence electrons. The molecule has 0 saturated carbocycles. The van der Waals surface area contributed by atoms with Crippen molar-refractivity contribution in [1.29, 1.82) is 0 Å². The molecule has 0 amide bonds. The highest BCUT2D eigenvalue weighted by Crippen LogP contribution is 2.38. The Bertz CT molecular complexity index is 835. The van der Waals surface area contributed by atoms with E-state index in [0.29, 0.717) is 5.75 Å². The van der Waals surface area contributed by atoms with Crippen LogP contribution in [0.2, 0.25) is 0 Å². The molecule has 24 heavy (non-hydrogen) atoms. The van der Waals surface area contributed by atoms with Crippen molar-refractivity contribution in [3.05, 3.63) is 48.0 Å². The van der Waals surface area contributed by atoms with Gasteiger partial charge in [0, 0.05) is 0 Å². The maximum Gasteiger partial charge on any atom is 0.229 e. The van der Waals surface area contributed by atoms with E-state index in [1.54, 1.807) is 24.3 Å². The lowest BCUT2D eigenvalue weighted by atomic mass is 10.1. The Morgan fingerprint density at radius 2 is 1.75 bits per heavy atom. The van der Waals surface area contributed by atoms with E-state index in [0.717, 1.165) is 6.26 Å². The number of nitrogens with two attached hydrogens (primary N) is 1. The fourth-order valence-corrected chi connectivity index (χ4v) is 2.67. The molecule has 0 aliphatic rings. The van der Waals surface area contributed by atoms with Crippen LogP contribution in [-0.2, 0) is 10.0 Å². The highest BCUT2D eigenvalue weighted by molar-refractivity contribution is 7.92. The minimum absolute atomic E-state index is 0.00356. The van der Waals surface area contributed by atoms with Crippen molar-refractivity contribution in [2.24, 2.45) is 5.73 Å². The number of carbonyl (C=O) groups is 1. The van der Waals surface area contributed by atoms with Crippen LogP contribution < -0.4 is 19.9 Å². The third kappa shape index (κ3) is 4.24. The molecule has 0 unspecified atom stereocenters.